The molecule has 200 valence electrons. The van der Waals surface area contributed by atoms with Gasteiger partial charge in [-0.15, -0.1) is 0 Å². The molecule has 38 heavy (non-hydrogen) atoms. The first kappa shape index (κ1) is 25.2. The van der Waals surface area contributed by atoms with Crippen LogP contribution in [0.2, 0.25) is 0 Å². The number of halogens is 4. The zero-order valence-corrected chi connectivity index (χ0v) is 21.0. The second kappa shape index (κ2) is 9.57. The van der Waals surface area contributed by atoms with E-state index >= 15 is 0 Å². The van der Waals surface area contributed by atoms with Gasteiger partial charge < -0.3 is 14.9 Å². The lowest BCUT2D eigenvalue weighted by molar-refractivity contribution is -0.154. The molecule has 1 saturated heterocycles. The minimum absolute atomic E-state index is 0.0527. The van der Waals surface area contributed by atoms with Gasteiger partial charge in [-0.3, -0.25) is 14.5 Å². The fraction of sp³-hybridized carbons (Fsp3) is 0.423. The lowest BCUT2D eigenvalue weighted by Crippen LogP contribution is -2.55. The molecule has 0 radical (unpaired) electrons. The molecule has 2 amide bonds. The topological polar surface area (TPSA) is 77.0 Å². The lowest BCUT2D eigenvalue weighted by Gasteiger charge is -2.42. The molecule has 6 rings (SSSR count). The fourth-order valence-electron chi connectivity index (χ4n) is 5.32. The Balaban J connectivity index is 1.16. The summed E-state index contributed by atoms with van der Waals surface area (Å²) in [5, 5.41) is 3.11. The minimum atomic E-state index is -4.55. The van der Waals surface area contributed by atoms with Crippen LogP contribution in [0.25, 0.3) is 0 Å². The van der Waals surface area contributed by atoms with Crippen LogP contribution in [-0.4, -0.2) is 60.4 Å². The van der Waals surface area contributed by atoms with E-state index in [2.05, 4.69) is 15.0 Å². The molecule has 3 heterocycles. The van der Waals surface area contributed by atoms with Crippen molar-refractivity contribution in [2.45, 2.75) is 48.8 Å². The molecule has 2 aromatic rings. The summed E-state index contributed by atoms with van der Waals surface area (Å²) in [5.41, 5.74) is 1.20. The Labute approximate surface area is 220 Å². The summed E-state index contributed by atoms with van der Waals surface area (Å²) in [6.45, 7) is 0.286. The number of anilines is 1. The summed E-state index contributed by atoms with van der Waals surface area (Å²) in [6.07, 6.45) is -2.47. The number of benzene rings is 2. The van der Waals surface area contributed by atoms with E-state index < -0.39 is 35.9 Å². The molecule has 2 atom stereocenters. The molecule has 1 aliphatic carbocycles. The van der Waals surface area contributed by atoms with Gasteiger partial charge in [-0.2, -0.15) is 13.2 Å². The van der Waals surface area contributed by atoms with Crippen LogP contribution in [0.4, 0.5) is 28.9 Å². The Hall–Kier alpha value is -3.12. The average Bonchev–Trinajstić information content (AvgIpc) is 3.72. The molecule has 0 aromatic heterocycles. The Kier molecular flexibility index (Phi) is 6.34. The lowest BCUT2D eigenvalue weighted by atomic mass is 9.95. The highest BCUT2D eigenvalue weighted by molar-refractivity contribution is 7.98. The number of hydrogen-bond donors (Lipinski definition) is 2. The SMILES string of the molecule is O=C1c2ccccc2C(=O)N1CCNC1CCN(c2cc(F)cc3c2N=C(C2CC2)NS3)C(C(F)(F)F)C1. The van der Waals surface area contributed by atoms with Gasteiger partial charge >= 0.3 is 6.18 Å². The third-order valence-electron chi connectivity index (χ3n) is 7.42. The van der Waals surface area contributed by atoms with E-state index in [0.29, 0.717) is 28.1 Å². The number of imide groups is 1. The number of alkyl halides is 3. The molecule has 1 saturated carbocycles. The van der Waals surface area contributed by atoms with E-state index in [1.807, 2.05) is 0 Å². The van der Waals surface area contributed by atoms with Crippen LogP contribution in [-0.2, 0) is 0 Å². The molecule has 0 spiro atoms. The maximum absolute atomic E-state index is 14.5. The summed E-state index contributed by atoms with van der Waals surface area (Å²) in [7, 11) is 0. The predicted octanol–water partition coefficient (Wildman–Crippen LogP) is 4.66. The van der Waals surface area contributed by atoms with Crippen LogP contribution in [0.1, 0.15) is 46.4 Å². The van der Waals surface area contributed by atoms with Crippen molar-refractivity contribution in [2.75, 3.05) is 24.5 Å². The summed E-state index contributed by atoms with van der Waals surface area (Å²) >= 11 is 1.18. The zero-order chi connectivity index (χ0) is 26.6. The van der Waals surface area contributed by atoms with Crippen molar-refractivity contribution in [3.63, 3.8) is 0 Å². The number of amidine groups is 1. The van der Waals surface area contributed by atoms with Crippen molar-refractivity contribution in [1.82, 2.24) is 14.9 Å². The maximum atomic E-state index is 14.5. The Morgan fingerprint density at radius 3 is 2.45 bits per heavy atom. The molecular formula is C26H25F4N5O2S. The number of piperidine rings is 1. The summed E-state index contributed by atoms with van der Waals surface area (Å²) < 4.78 is 60.5. The summed E-state index contributed by atoms with van der Waals surface area (Å²) in [6, 6.07) is 6.65. The van der Waals surface area contributed by atoms with Gasteiger partial charge in [-0.1, -0.05) is 12.1 Å². The number of aliphatic imine (C=N–C) groups is 1. The number of nitrogens with one attached hydrogen (secondary N) is 2. The van der Waals surface area contributed by atoms with Crippen LogP contribution in [0.15, 0.2) is 46.3 Å². The van der Waals surface area contributed by atoms with E-state index in [-0.39, 0.29) is 37.7 Å². The molecule has 2 aromatic carbocycles. The summed E-state index contributed by atoms with van der Waals surface area (Å²) in [5.74, 6) is -0.414. The van der Waals surface area contributed by atoms with Gasteiger partial charge in [0.15, 0.2) is 0 Å². The van der Waals surface area contributed by atoms with Crippen molar-refractivity contribution in [1.29, 1.82) is 0 Å². The van der Waals surface area contributed by atoms with Crippen LogP contribution in [0.3, 0.4) is 0 Å². The van der Waals surface area contributed by atoms with Gasteiger partial charge in [0.05, 0.1) is 21.7 Å². The second-order valence-electron chi connectivity index (χ2n) is 9.98. The first-order chi connectivity index (χ1) is 18.2. The van der Waals surface area contributed by atoms with Gasteiger partial charge in [-0.25, -0.2) is 9.38 Å². The van der Waals surface area contributed by atoms with Crippen molar-refractivity contribution in [3.8, 4) is 0 Å². The molecule has 7 nitrogen and oxygen atoms in total. The maximum Gasteiger partial charge on any atom is 0.408 e. The predicted molar refractivity (Wildman–Crippen MR) is 135 cm³/mol. The van der Waals surface area contributed by atoms with E-state index in [9.17, 15) is 27.2 Å². The summed E-state index contributed by atoms with van der Waals surface area (Å²) in [4.78, 5) is 32.5. The normalized spacial score (nSPS) is 23.2. The van der Waals surface area contributed by atoms with Crippen molar-refractivity contribution >= 4 is 41.0 Å². The van der Waals surface area contributed by atoms with Crippen LogP contribution >= 0.6 is 11.9 Å². The highest BCUT2D eigenvalue weighted by atomic mass is 32.2. The molecule has 2 N–H and O–H groups in total. The van der Waals surface area contributed by atoms with Gasteiger partial charge in [0.2, 0.25) is 0 Å². The van der Waals surface area contributed by atoms with E-state index in [4.69, 9.17) is 0 Å². The van der Waals surface area contributed by atoms with Gasteiger partial charge in [0.1, 0.15) is 23.4 Å². The standard InChI is InChI=1S/C26H25F4N5O2S/c27-15-11-19(22-20(12-15)38-33-23(32-22)14-5-6-14)34-9-7-16(13-21(34)26(28,29)30)31-8-10-35-24(36)17-3-1-2-4-18(17)25(35)37/h1-4,11-12,14,16,21,31H,5-10,13H2,(H,32,33). The molecule has 3 aliphatic heterocycles. The molecular weight excluding hydrogens is 522 g/mol. The van der Waals surface area contributed by atoms with Gasteiger partial charge in [0, 0.05) is 31.6 Å². The highest BCUT2D eigenvalue weighted by Gasteiger charge is 2.48. The second-order valence-corrected chi connectivity index (χ2v) is 10.8. The number of rotatable bonds is 6. The number of fused-ring (bicyclic) bond motifs is 2. The average molecular weight is 548 g/mol. The van der Waals surface area contributed by atoms with Gasteiger partial charge in [0.25, 0.3) is 11.8 Å². The first-order valence-corrected chi connectivity index (χ1v) is 13.4. The highest BCUT2D eigenvalue weighted by Crippen LogP contribution is 2.46. The third-order valence-corrected chi connectivity index (χ3v) is 8.26. The quantitative estimate of drug-likeness (QED) is 0.311. The Bertz CT molecular complexity index is 1290. The largest absolute Gasteiger partial charge is 0.408 e. The van der Waals surface area contributed by atoms with Crippen molar-refractivity contribution < 1.29 is 27.2 Å². The number of nitrogens with zero attached hydrogens (tertiary/aromatic N) is 3. The van der Waals surface area contributed by atoms with E-state index in [1.165, 1.54) is 22.9 Å². The minimum Gasteiger partial charge on any atom is -0.358 e. The fourth-order valence-corrected chi connectivity index (χ4v) is 6.17. The van der Waals surface area contributed by atoms with Crippen LogP contribution in [0, 0.1) is 11.7 Å². The molecule has 4 aliphatic rings. The Morgan fingerprint density at radius 2 is 1.79 bits per heavy atom. The van der Waals surface area contributed by atoms with Gasteiger partial charge in [-0.05, 0) is 61.9 Å². The number of hydrogen-bond acceptors (Lipinski definition) is 7. The van der Waals surface area contributed by atoms with Crippen molar-refractivity contribution in [2.24, 2.45) is 10.9 Å². The van der Waals surface area contributed by atoms with E-state index in [0.717, 1.165) is 29.6 Å². The molecule has 12 heteroatoms. The number of amides is 2. The van der Waals surface area contributed by atoms with E-state index in [1.54, 1.807) is 24.3 Å². The van der Waals surface area contributed by atoms with Crippen LogP contribution < -0.4 is 14.9 Å². The smallest absolute Gasteiger partial charge is 0.358 e. The number of carbonyl (C=O) groups excluding carboxylic acids is 2. The monoisotopic (exact) mass is 547 g/mol. The molecule has 0 bridgehead atoms. The van der Waals surface area contributed by atoms with Crippen molar-refractivity contribution in [3.05, 3.63) is 53.3 Å². The zero-order valence-electron chi connectivity index (χ0n) is 20.2. The first-order valence-electron chi connectivity index (χ1n) is 12.6. The Morgan fingerprint density at radius 1 is 1.08 bits per heavy atom. The third kappa shape index (κ3) is 4.64. The molecule has 2 unspecified atom stereocenters. The number of carbonyl (C=O) groups is 2. The molecule has 2 fully saturated rings. The van der Waals surface area contributed by atoms with Crippen LogP contribution in [0.5, 0.6) is 0 Å².